The predicted octanol–water partition coefficient (Wildman–Crippen LogP) is 6.85. The second-order valence-electron chi connectivity index (χ2n) is 9.87. The number of amides is 1. The predicted molar refractivity (Wildman–Crippen MR) is 152 cm³/mol. The fraction of sp³-hybridized carbons (Fsp3) is 0.219. The molecule has 3 aromatic carbocycles. The molecule has 208 valence electrons. The summed E-state index contributed by atoms with van der Waals surface area (Å²) < 4.78 is 33.0. The first-order valence-corrected chi connectivity index (χ1v) is 13.5. The summed E-state index contributed by atoms with van der Waals surface area (Å²) in [7, 11) is 1.41. The number of methoxy groups -OCH3 is 1. The second-order valence-corrected chi connectivity index (χ2v) is 9.87. The van der Waals surface area contributed by atoms with Crippen molar-refractivity contribution in [1.82, 2.24) is 19.3 Å². The average Bonchev–Trinajstić information content (AvgIpc) is 3.42. The number of fused-ring (bicyclic) bond motifs is 1. The molecule has 1 amide bonds. The highest BCUT2D eigenvalue weighted by molar-refractivity contribution is 5.77. The Morgan fingerprint density at radius 1 is 1.02 bits per heavy atom. The molecular formula is C32H29FN4O4. The molecule has 0 spiro atoms. The van der Waals surface area contributed by atoms with Crippen LogP contribution >= 0.6 is 0 Å². The second kappa shape index (κ2) is 11.7. The van der Waals surface area contributed by atoms with Crippen LogP contribution in [0.25, 0.3) is 16.8 Å². The molecule has 0 saturated carbocycles. The van der Waals surface area contributed by atoms with Gasteiger partial charge in [0, 0.05) is 37.0 Å². The molecular weight excluding hydrogens is 523 g/mol. The monoisotopic (exact) mass is 552 g/mol. The number of likely N-dealkylation sites (tertiary alicyclic amines) is 1. The van der Waals surface area contributed by atoms with Gasteiger partial charge >= 0.3 is 6.09 Å². The van der Waals surface area contributed by atoms with Crippen LogP contribution in [-0.2, 0) is 11.3 Å². The van der Waals surface area contributed by atoms with Crippen LogP contribution < -0.4 is 9.47 Å². The van der Waals surface area contributed by atoms with E-state index in [0.717, 1.165) is 41.0 Å². The molecule has 3 heterocycles. The van der Waals surface area contributed by atoms with E-state index < -0.39 is 5.82 Å². The Balaban J connectivity index is 1.21. The number of ether oxygens (including phenoxy) is 3. The molecule has 5 aromatic rings. The largest absolute Gasteiger partial charge is 0.494 e. The summed E-state index contributed by atoms with van der Waals surface area (Å²) >= 11 is 0. The topological polar surface area (TPSA) is 78.2 Å². The van der Waals surface area contributed by atoms with Gasteiger partial charge in [0.1, 0.15) is 18.2 Å². The minimum atomic E-state index is -0.555. The third-order valence-electron chi connectivity index (χ3n) is 7.23. The number of rotatable bonds is 7. The summed E-state index contributed by atoms with van der Waals surface area (Å²) in [6.45, 7) is 1.41. The number of piperidine rings is 1. The standard InChI is InChI=1S/C32H29FN4O4/c1-39-27-10-5-11-28(29(27)33)41-25-14-12-23(13-15-25)30-26-19-34-16-18-37(26)31(35-30)24-9-6-17-36(20-24)32(38)40-21-22-7-3-2-4-8-22/h2-5,7-8,10-16,18-19,24H,6,9,17,20-21H2,1H3/t24-/m1/s1. The van der Waals surface area contributed by atoms with Crippen molar-refractivity contribution in [2.75, 3.05) is 20.2 Å². The van der Waals surface area contributed by atoms with E-state index in [2.05, 4.69) is 4.98 Å². The van der Waals surface area contributed by atoms with Gasteiger partial charge in [-0.25, -0.2) is 9.78 Å². The molecule has 1 atom stereocenters. The van der Waals surface area contributed by atoms with Gasteiger partial charge in [0.05, 0.1) is 24.5 Å². The van der Waals surface area contributed by atoms with Crippen molar-refractivity contribution in [1.29, 1.82) is 0 Å². The fourth-order valence-electron chi connectivity index (χ4n) is 5.16. The first-order chi connectivity index (χ1) is 20.1. The van der Waals surface area contributed by atoms with Crippen LogP contribution in [0.4, 0.5) is 9.18 Å². The number of halogens is 1. The lowest BCUT2D eigenvalue weighted by molar-refractivity contribution is 0.0853. The van der Waals surface area contributed by atoms with Gasteiger partial charge in [-0.2, -0.15) is 4.39 Å². The van der Waals surface area contributed by atoms with Gasteiger partial charge in [-0.1, -0.05) is 36.4 Å². The van der Waals surface area contributed by atoms with Crippen LogP contribution in [0.1, 0.15) is 30.1 Å². The summed E-state index contributed by atoms with van der Waals surface area (Å²) in [6.07, 6.45) is 6.86. The Kier molecular flexibility index (Phi) is 7.49. The number of aromatic nitrogens is 3. The van der Waals surface area contributed by atoms with Gasteiger partial charge in [0.2, 0.25) is 5.82 Å². The summed E-state index contributed by atoms with van der Waals surface area (Å²) in [5, 5.41) is 0. The molecule has 0 aliphatic carbocycles. The zero-order valence-corrected chi connectivity index (χ0v) is 22.6. The zero-order valence-electron chi connectivity index (χ0n) is 22.6. The Morgan fingerprint density at radius 2 is 1.83 bits per heavy atom. The molecule has 1 aliphatic rings. The number of imidazole rings is 1. The molecule has 0 N–H and O–H groups in total. The van der Waals surface area contributed by atoms with Crippen LogP contribution in [0.2, 0.25) is 0 Å². The molecule has 0 unspecified atom stereocenters. The first kappa shape index (κ1) is 26.3. The fourth-order valence-corrected chi connectivity index (χ4v) is 5.16. The van der Waals surface area contributed by atoms with Crippen molar-refractivity contribution < 1.29 is 23.4 Å². The summed E-state index contributed by atoms with van der Waals surface area (Å²) in [4.78, 5) is 24.0. The molecule has 1 saturated heterocycles. The Morgan fingerprint density at radius 3 is 2.63 bits per heavy atom. The van der Waals surface area contributed by atoms with Crippen molar-refractivity contribution >= 4 is 11.6 Å². The van der Waals surface area contributed by atoms with Gasteiger partial charge in [0.25, 0.3) is 0 Å². The summed E-state index contributed by atoms with van der Waals surface area (Å²) in [5.74, 6) is 1.04. The molecule has 1 fully saturated rings. The number of benzene rings is 3. The van der Waals surface area contributed by atoms with Gasteiger partial charge in [0.15, 0.2) is 11.5 Å². The molecule has 41 heavy (non-hydrogen) atoms. The van der Waals surface area contributed by atoms with Gasteiger partial charge in [-0.15, -0.1) is 0 Å². The van der Waals surface area contributed by atoms with Crippen LogP contribution in [0, 0.1) is 5.82 Å². The maximum Gasteiger partial charge on any atom is 0.410 e. The first-order valence-electron chi connectivity index (χ1n) is 13.5. The summed E-state index contributed by atoms with van der Waals surface area (Å²) in [6, 6.07) is 21.8. The average molecular weight is 553 g/mol. The van der Waals surface area contributed by atoms with E-state index in [1.165, 1.54) is 7.11 Å². The number of hydrogen-bond donors (Lipinski definition) is 0. The Bertz CT molecular complexity index is 1660. The molecule has 8 nitrogen and oxygen atoms in total. The van der Waals surface area contributed by atoms with Crippen molar-refractivity contribution in [2.45, 2.75) is 25.4 Å². The van der Waals surface area contributed by atoms with E-state index in [-0.39, 0.29) is 30.1 Å². The smallest absolute Gasteiger partial charge is 0.410 e. The normalized spacial score (nSPS) is 15.1. The Labute approximate surface area is 237 Å². The molecule has 0 radical (unpaired) electrons. The lowest BCUT2D eigenvalue weighted by Crippen LogP contribution is -2.39. The SMILES string of the molecule is COc1cccc(Oc2ccc(-c3nc([C@@H]4CCCN(C(=O)OCc5ccccc5)C4)n4ccncc34)cc2)c1F. The number of carbonyl (C=O) groups excluding carboxylic acids is 1. The van der Waals surface area contributed by atoms with Crippen LogP contribution in [-0.4, -0.2) is 45.6 Å². The molecule has 0 bridgehead atoms. The van der Waals surface area contributed by atoms with E-state index in [9.17, 15) is 9.18 Å². The highest BCUT2D eigenvalue weighted by Crippen LogP contribution is 2.34. The number of nitrogens with zero attached hydrogens (tertiary/aromatic N) is 4. The van der Waals surface area contributed by atoms with Crippen molar-refractivity contribution in [3.63, 3.8) is 0 Å². The lowest BCUT2D eigenvalue weighted by Gasteiger charge is -2.31. The summed E-state index contributed by atoms with van der Waals surface area (Å²) in [5.41, 5.74) is 3.46. The van der Waals surface area contributed by atoms with Gasteiger partial charge < -0.3 is 19.1 Å². The van der Waals surface area contributed by atoms with E-state index >= 15 is 0 Å². The molecule has 1 aliphatic heterocycles. The minimum absolute atomic E-state index is 0.0373. The maximum atomic E-state index is 14.6. The number of hydrogen-bond acceptors (Lipinski definition) is 6. The third kappa shape index (κ3) is 5.56. The molecule has 2 aromatic heterocycles. The van der Waals surface area contributed by atoms with Crippen molar-refractivity contribution in [3.8, 4) is 28.5 Å². The quantitative estimate of drug-likeness (QED) is 0.220. The van der Waals surface area contributed by atoms with E-state index in [1.807, 2.05) is 53.1 Å². The van der Waals surface area contributed by atoms with Crippen molar-refractivity contribution in [3.05, 3.63) is 109 Å². The van der Waals surface area contributed by atoms with Gasteiger partial charge in [-0.3, -0.25) is 9.38 Å². The maximum absolute atomic E-state index is 14.6. The van der Waals surface area contributed by atoms with E-state index in [1.54, 1.807) is 47.6 Å². The van der Waals surface area contributed by atoms with Crippen LogP contribution in [0.5, 0.6) is 17.2 Å². The van der Waals surface area contributed by atoms with Crippen molar-refractivity contribution in [2.24, 2.45) is 0 Å². The Hall–Kier alpha value is -4.92. The molecule has 6 rings (SSSR count). The van der Waals surface area contributed by atoms with E-state index in [4.69, 9.17) is 19.2 Å². The third-order valence-corrected chi connectivity index (χ3v) is 7.23. The van der Waals surface area contributed by atoms with Crippen LogP contribution in [0.15, 0.2) is 91.4 Å². The van der Waals surface area contributed by atoms with E-state index in [0.29, 0.717) is 18.8 Å². The lowest BCUT2D eigenvalue weighted by atomic mass is 9.97. The van der Waals surface area contributed by atoms with Gasteiger partial charge in [-0.05, 0) is 54.8 Å². The van der Waals surface area contributed by atoms with Crippen LogP contribution in [0.3, 0.4) is 0 Å². The zero-order chi connectivity index (χ0) is 28.2. The highest BCUT2D eigenvalue weighted by Gasteiger charge is 2.29. The molecule has 9 heteroatoms. The highest BCUT2D eigenvalue weighted by atomic mass is 19.1. The minimum Gasteiger partial charge on any atom is -0.494 e. The number of carbonyl (C=O) groups is 1.